The molecule has 6 heteroatoms. The first-order chi connectivity index (χ1) is 12.4. The molecular weight excluding hydrogens is 312 g/mol. The standard InChI is InChI=1S/C19H28N6/c1-20-19(21-13-7-10-16-8-5-6-9-16)22-14-18-24-23-15-25(18)17-11-3-2-4-12-17/h2-4,11-12,15-16H,5-10,13-14H2,1H3,(H2,20,21,22). The maximum atomic E-state index is 4.30. The average Bonchev–Trinajstić information content (AvgIpc) is 3.33. The molecule has 0 radical (unpaired) electrons. The molecule has 1 aliphatic carbocycles. The SMILES string of the molecule is CN=C(NCCCC1CCCC1)NCc1nncn1-c1ccccc1. The Morgan fingerprint density at radius 3 is 2.76 bits per heavy atom. The molecule has 2 N–H and O–H groups in total. The van der Waals surface area contributed by atoms with Crippen molar-refractivity contribution in [3.8, 4) is 5.69 Å². The van der Waals surface area contributed by atoms with Crippen molar-refractivity contribution in [2.75, 3.05) is 13.6 Å². The van der Waals surface area contributed by atoms with Gasteiger partial charge in [-0.2, -0.15) is 0 Å². The number of aliphatic imine (C=N–C) groups is 1. The number of aromatic nitrogens is 3. The number of nitrogens with one attached hydrogen (secondary N) is 2. The van der Waals surface area contributed by atoms with E-state index in [2.05, 4.69) is 25.8 Å². The van der Waals surface area contributed by atoms with E-state index in [1.165, 1.54) is 38.5 Å². The predicted octanol–water partition coefficient (Wildman–Crippen LogP) is 2.90. The number of rotatable bonds is 7. The topological polar surface area (TPSA) is 67.1 Å². The van der Waals surface area contributed by atoms with Gasteiger partial charge in [-0.05, 0) is 30.9 Å². The van der Waals surface area contributed by atoms with Crippen LogP contribution < -0.4 is 10.6 Å². The van der Waals surface area contributed by atoms with Crippen molar-refractivity contribution < 1.29 is 0 Å². The number of guanidine groups is 1. The minimum Gasteiger partial charge on any atom is -0.356 e. The second kappa shape index (κ2) is 9.20. The lowest BCUT2D eigenvalue weighted by molar-refractivity contribution is 0.481. The number of hydrogen-bond acceptors (Lipinski definition) is 3. The summed E-state index contributed by atoms with van der Waals surface area (Å²) in [5, 5.41) is 15.0. The Balaban J connectivity index is 1.45. The van der Waals surface area contributed by atoms with Crippen LogP contribution in [-0.2, 0) is 6.54 Å². The number of hydrogen-bond donors (Lipinski definition) is 2. The van der Waals surface area contributed by atoms with Gasteiger partial charge in [0.15, 0.2) is 11.8 Å². The molecule has 0 atom stereocenters. The van der Waals surface area contributed by atoms with Gasteiger partial charge in [0.25, 0.3) is 0 Å². The third kappa shape index (κ3) is 5.05. The van der Waals surface area contributed by atoms with Crippen LogP contribution in [0.1, 0.15) is 44.3 Å². The monoisotopic (exact) mass is 340 g/mol. The third-order valence-corrected chi connectivity index (χ3v) is 4.85. The van der Waals surface area contributed by atoms with E-state index in [1.54, 1.807) is 13.4 Å². The summed E-state index contributed by atoms with van der Waals surface area (Å²) in [4.78, 5) is 4.30. The highest BCUT2D eigenvalue weighted by molar-refractivity contribution is 5.79. The summed E-state index contributed by atoms with van der Waals surface area (Å²) in [5.74, 6) is 2.62. The van der Waals surface area contributed by atoms with Crippen LogP contribution in [0.3, 0.4) is 0 Å². The summed E-state index contributed by atoms with van der Waals surface area (Å²) in [6, 6.07) is 10.1. The molecule has 0 spiro atoms. The van der Waals surface area contributed by atoms with Gasteiger partial charge in [-0.3, -0.25) is 9.56 Å². The van der Waals surface area contributed by atoms with Crippen LogP contribution in [0.4, 0.5) is 0 Å². The fraction of sp³-hybridized carbons (Fsp3) is 0.526. The van der Waals surface area contributed by atoms with Gasteiger partial charge in [0, 0.05) is 19.3 Å². The number of nitrogens with zero attached hydrogens (tertiary/aromatic N) is 4. The highest BCUT2D eigenvalue weighted by atomic mass is 15.3. The Kier molecular flexibility index (Phi) is 6.42. The van der Waals surface area contributed by atoms with Crippen LogP contribution >= 0.6 is 0 Å². The van der Waals surface area contributed by atoms with Gasteiger partial charge in [-0.25, -0.2) is 0 Å². The van der Waals surface area contributed by atoms with Gasteiger partial charge in [-0.15, -0.1) is 10.2 Å². The van der Waals surface area contributed by atoms with Gasteiger partial charge >= 0.3 is 0 Å². The molecule has 3 rings (SSSR count). The molecule has 6 nitrogen and oxygen atoms in total. The third-order valence-electron chi connectivity index (χ3n) is 4.85. The van der Waals surface area contributed by atoms with E-state index in [-0.39, 0.29) is 0 Å². The fourth-order valence-corrected chi connectivity index (χ4v) is 3.46. The van der Waals surface area contributed by atoms with Gasteiger partial charge in [0.2, 0.25) is 0 Å². The molecule has 25 heavy (non-hydrogen) atoms. The number of benzene rings is 1. The van der Waals surface area contributed by atoms with Crippen molar-refractivity contribution in [3.63, 3.8) is 0 Å². The quantitative estimate of drug-likeness (QED) is 0.462. The van der Waals surface area contributed by atoms with Crippen LogP contribution in [0, 0.1) is 5.92 Å². The first-order valence-electron chi connectivity index (χ1n) is 9.25. The van der Waals surface area contributed by atoms with Crippen molar-refractivity contribution >= 4 is 5.96 Å². The molecule has 134 valence electrons. The van der Waals surface area contributed by atoms with Gasteiger partial charge in [0.1, 0.15) is 6.33 Å². The van der Waals surface area contributed by atoms with E-state index < -0.39 is 0 Å². The van der Waals surface area contributed by atoms with Gasteiger partial charge in [-0.1, -0.05) is 43.9 Å². The molecule has 1 heterocycles. The lowest BCUT2D eigenvalue weighted by atomic mass is 10.0. The largest absolute Gasteiger partial charge is 0.356 e. The molecule has 0 saturated heterocycles. The first-order valence-corrected chi connectivity index (χ1v) is 9.25. The van der Waals surface area contributed by atoms with Crippen LogP contribution in [0.15, 0.2) is 41.7 Å². The normalized spacial score (nSPS) is 15.5. The molecular formula is C19H28N6. The van der Waals surface area contributed by atoms with Crippen molar-refractivity contribution in [1.82, 2.24) is 25.4 Å². The molecule has 0 bridgehead atoms. The smallest absolute Gasteiger partial charge is 0.191 e. The van der Waals surface area contributed by atoms with Crippen LogP contribution in [0.25, 0.3) is 5.69 Å². The Bertz CT molecular complexity index is 658. The molecule has 1 fully saturated rings. The zero-order valence-corrected chi connectivity index (χ0v) is 15.0. The van der Waals surface area contributed by atoms with Gasteiger partial charge < -0.3 is 10.6 Å². The lowest BCUT2D eigenvalue weighted by Crippen LogP contribution is -2.37. The van der Waals surface area contributed by atoms with E-state index in [9.17, 15) is 0 Å². The zero-order chi connectivity index (χ0) is 17.3. The second-order valence-corrected chi connectivity index (χ2v) is 6.60. The van der Waals surface area contributed by atoms with E-state index in [0.717, 1.165) is 29.9 Å². The van der Waals surface area contributed by atoms with Crippen molar-refractivity contribution in [3.05, 3.63) is 42.5 Å². The maximum absolute atomic E-state index is 4.30. The van der Waals surface area contributed by atoms with Crippen molar-refractivity contribution in [1.29, 1.82) is 0 Å². The maximum Gasteiger partial charge on any atom is 0.191 e. The van der Waals surface area contributed by atoms with Crippen LogP contribution in [0.5, 0.6) is 0 Å². The zero-order valence-electron chi connectivity index (χ0n) is 15.0. The van der Waals surface area contributed by atoms with Crippen LogP contribution in [-0.4, -0.2) is 34.3 Å². The first kappa shape index (κ1) is 17.5. The Morgan fingerprint density at radius 1 is 1.20 bits per heavy atom. The summed E-state index contributed by atoms with van der Waals surface area (Å²) < 4.78 is 1.99. The molecule has 1 aromatic heterocycles. The molecule has 1 saturated carbocycles. The van der Waals surface area contributed by atoms with E-state index in [0.29, 0.717) is 6.54 Å². The minimum absolute atomic E-state index is 0.581. The van der Waals surface area contributed by atoms with Gasteiger partial charge in [0.05, 0.1) is 6.54 Å². The van der Waals surface area contributed by atoms with E-state index in [4.69, 9.17) is 0 Å². The lowest BCUT2D eigenvalue weighted by Gasteiger charge is -2.13. The number of para-hydroxylation sites is 1. The molecule has 0 unspecified atom stereocenters. The van der Waals surface area contributed by atoms with Crippen LogP contribution in [0.2, 0.25) is 0 Å². The Morgan fingerprint density at radius 2 is 2.00 bits per heavy atom. The molecule has 0 amide bonds. The molecule has 1 aromatic carbocycles. The highest BCUT2D eigenvalue weighted by Gasteiger charge is 2.14. The average molecular weight is 340 g/mol. The predicted molar refractivity (Wildman–Crippen MR) is 101 cm³/mol. The summed E-state index contributed by atoms with van der Waals surface area (Å²) in [5.41, 5.74) is 1.06. The Labute approximate surface area is 149 Å². The van der Waals surface area contributed by atoms with E-state index in [1.807, 2.05) is 34.9 Å². The summed E-state index contributed by atoms with van der Waals surface area (Å²) in [6.45, 7) is 1.54. The second-order valence-electron chi connectivity index (χ2n) is 6.60. The highest BCUT2D eigenvalue weighted by Crippen LogP contribution is 2.28. The molecule has 2 aromatic rings. The van der Waals surface area contributed by atoms with Crippen molar-refractivity contribution in [2.45, 2.75) is 45.1 Å². The summed E-state index contributed by atoms with van der Waals surface area (Å²) >= 11 is 0. The summed E-state index contributed by atoms with van der Waals surface area (Å²) in [7, 11) is 1.80. The fourth-order valence-electron chi connectivity index (χ4n) is 3.46. The van der Waals surface area contributed by atoms with E-state index >= 15 is 0 Å². The van der Waals surface area contributed by atoms with Crippen molar-refractivity contribution in [2.24, 2.45) is 10.9 Å². The summed E-state index contributed by atoms with van der Waals surface area (Å²) in [6.07, 6.45) is 9.94. The molecule has 0 aliphatic heterocycles. The Hall–Kier alpha value is -2.37. The molecule has 1 aliphatic rings. The minimum atomic E-state index is 0.581.